The maximum atomic E-state index is 9.49. The molecule has 1 saturated carbocycles. The highest BCUT2D eigenvalue weighted by atomic mass is 16.3. The average molecular weight is 268 g/mol. The lowest BCUT2D eigenvalue weighted by Crippen LogP contribution is -2.16. The standard InChI is InChI=1S/C17H20N2O/c1-12(2)13-3-5-14(6-4-13)15-7-10-18-16(19-15)17(11-20)8-9-17/h3-7,10,12,20H,8-9,11H2,1-2H3. The van der Waals surface area contributed by atoms with Gasteiger partial charge in [0.15, 0.2) is 0 Å². The quantitative estimate of drug-likeness (QED) is 0.925. The van der Waals surface area contributed by atoms with E-state index in [4.69, 9.17) is 0 Å². The Hall–Kier alpha value is -1.74. The van der Waals surface area contributed by atoms with Gasteiger partial charge in [0.25, 0.3) is 0 Å². The van der Waals surface area contributed by atoms with Gasteiger partial charge in [0.1, 0.15) is 5.82 Å². The highest BCUT2D eigenvalue weighted by Gasteiger charge is 2.46. The van der Waals surface area contributed by atoms with E-state index in [1.54, 1.807) is 6.20 Å². The highest BCUT2D eigenvalue weighted by molar-refractivity contribution is 5.59. The second kappa shape index (κ2) is 4.98. The normalized spacial score (nSPS) is 16.4. The van der Waals surface area contributed by atoms with E-state index in [9.17, 15) is 5.11 Å². The first-order chi connectivity index (χ1) is 9.64. The molecule has 3 heteroatoms. The van der Waals surface area contributed by atoms with E-state index in [-0.39, 0.29) is 12.0 Å². The van der Waals surface area contributed by atoms with Gasteiger partial charge in [-0.1, -0.05) is 38.1 Å². The Morgan fingerprint density at radius 2 is 1.85 bits per heavy atom. The van der Waals surface area contributed by atoms with Gasteiger partial charge in [0.2, 0.25) is 0 Å². The molecule has 0 saturated heterocycles. The summed E-state index contributed by atoms with van der Waals surface area (Å²) in [6.07, 6.45) is 3.77. The first-order valence-electron chi connectivity index (χ1n) is 7.19. The van der Waals surface area contributed by atoms with Crippen LogP contribution in [0.4, 0.5) is 0 Å². The van der Waals surface area contributed by atoms with Gasteiger partial charge < -0.3 is 5.11 Å². The van der Waals surface area contributed by atoms with Gasteiger partial charge in [0.05, 0.1) is 17.7 Å². The van der Waals surface area contributed by atoms with Gasteiger partial charge in [-0.3, -0.25) is 0 Å². The van der Waals surface area contributed by atoms with Crippen molar-refractivity contribution in [1.29, 1.82) is 0 Å². The number of benzene rings is 1. The fourth-order valence-corrected chi connectivity index (χ4v) is 2.42. The van der Waals surface area contributed by atoms with Crippen molar-refractivity contribution in [2.24, 2.45) is 0 Å². The monoisotopic (exact) mass is 268 g/mol. The number of hydrogen-bond donors (Lipinski definition) is 1. The van der Waals surface area contributed by atoms with Gasteiger partial charge in [-0.2, -0.15) is 0 Å². The summed E-state index contributed by atoms with van der Waals surface area (Å²) in [7, 11) is 0. The van der Waals surface area contributed by atoms with Crippen molar-refractivity contribution in [3.63, 3.8) is 0 Å². The third-order valence-electron chi connectivity index (χ3n) is 4.16. The molecule has 0 atom stereocenters. The van der Waals surface area contributed by atoms with Crippen LogP contribution in [0.5, 0.6) is 0 Å². The molecule has 0 aliphatic heterocycles. The summed E-state index contributed by atoms with van der Waals surface area (Å²) in [5.74, 6) is 1.32. The summed E-state index contributed by atoms with van der Waals surface area (Å²) in [6, 6.07) is 10.5. The molecular formula is C17H20N2O. The summed E-state index contributed by atoms with van der Waals surface area (Å²) in [4.78, 5) is 9.00. The molecule has 0 radical (unpaired) electrons. The van der Waals surface area contributed by atoms with Crippen molar-refractivity contribution in [2.75, 3.05) is 6.61 Å². The molecule has 3 rings (SSSR count). The predicted molar refractivity (Wildman–Crippen MR) is 79.6 cm³/mol. The molecule has 1 aromatic carbocycles. The van der Waals surface area contributed by atoms with Crippen LogP contribution in [0, 0.1) is 0 Å². The van der Waals surface area contributed by atoms with Crippen LogP contribution in [-0.4, -0.2) is 21.7 Å². The van der Waals surface area contributed by atoms with Crippen molar-refractivity contribution in [3.05, 3.63) is 47.9 Å². The number of aliphatic hydroxyl groups is 1. The summed E-state index contributed by atoms with van der Waals surface area (Å²) in [5, 5.41) is 9.49. The molecular weight excluding hydrogens is 248 g/mol. The fraction of sp³-hybridized carbons (Fsp3) is 0.412. The van der Waals surface area contributed by atoms with Crippen LogP contribution in [0.3, 0.4) is 0 Å². The smallest absolute Gasteiger partial charge is 0.137 e. The molecule has 0 amide bonds. The number of hydrogen-bond acceptors (Lipinski definition) is 3. The Kier molecular flexibility index (Phi) is 3.30. The molecule has 0 unspecified atom stereocenters. The van der Waals surface area contributed by atoms with Crippen LogP contribution in [0.25, 0.3) is 11.3 Å². The highest BCUT2D eigenvalue weighted by Crippen LogP contribution is 2.46. The SMILES string of the molecule is CC(C)c1ccc(-c2ccnc(C3(CO)CC3)n2)cc1. The van der Waals surface area contributed by atoms with Crippen molar-refractivity contribution < 1.29 is 5.11 Å². The molecule has 1 N–H and O–H groups in total. The first kappa shape index (κ1) is 13.3. The minimum Gasteiger partial charge on any atom is -0.395 e. The summed E-state index contributed by atoms with van der Waals surface area (Å²) in [5.41, 5.74) is 3.20. The van der Waals surface area contributed by atoms with Crippen LogP contribution in [0.1, 0.15) is 44.0 Å². The Bertz CT molecular complexity index is 601. The Balaban J connectivity index is 1.92. The molecule has 2 aromatic rings. The van der Waals surface area contributed by atoms with Crippen LogP contribution >= 0.6 is 0 Å². The lowest BCUT2D eigenvalue weighted by Gasteiger charge is -2.11. The molecule has 1 aliphatic carbocycles. The maximum Gasteiger partial charge on any atom is 0.137 e. The zero-order valence-electron chi connectivity index (χ0n) is 12.0. The molecule has 1 fully saturated rings. The minimum atomic E-state index is -0.173. The topological polar surface area (TPSA) is 46.0 Å². The van der Waals surface area contributed by atoms with Gasteiger partial charge in [-0.15, -0.1) is 0 Å². The van der Waals surface area contributed by atoms with E-state index in [0.29, 0.717) is 5.92 Å². The van der Waals surface area contributed by atoms with Gasteiger partial charge in [0, 0.05) is 11.8 Å². The molecule has 1 aromatic heterocycles. The first-order valence-corrected chi connectivity index (χ1v) is 7.19. The molecule has 0 bridgehead atoms. The Labute approximate surface area is 119 Å². The lowest BCUT2D eigenvalue weighted by molar-refractivity contribution is 0.250. The molecule has 104 valence electrons. The third kappa shape index (κ3) is 2.34. The molecule has 1 heterocycles. The van der Waals surface area contributed by atoms with Crippen LogP contribution < -0.4 is 0 Å². The van der Waals surface area contributed by atoms with E-state index in [0.717, 1.165) is 29.9 Å². The van der Waals surface area contributed by atoms with E-state index in [2.05, 4.69) is 48.1 Å². The fourth-order valence-electron chi connectivity index (χ4n) is 2.42. The van der Waals surface area contributed by atoms with Crippen molar-refractivity contribution in [2.45, 2.75) is 38.0 Å². The van der Waals surface area contributed by atoms with Crippen molar-refractivity contribution in [3.8, 4) is 11.3 Å². The van der Waals surface area contributed by atoms with Crippen molar-refractivity contribution in [1.82, 2.24) is 9.97 Å². The summed E-state index contributed by atoms with van der Waals surface area (Å²) < 4.78 is 0. The molecule has 1 aliphatic rings. The van der Waals surface area contributed by atoms with E-state index in [1.165, 1.54) is 5.56 Å². The van der Waals surface area contributed by atoms with Gasteiger partial charge in [-0.05, 0) is 30.4 Å². The number of rotatable bonds is 4. The largest absolute Gasteiger partial charge is 0.395 e. The van der Waals surface area contributed by atoms with Crippen molar-refractivity contribution >= 4 is 0 Å². The molecule has 20 heavy (non-hydrogen) atoms. The third-order valence-corrected chi connectivity index (χ3v) is 4.16. The second-order valence-electron chi connectivity index (χ2n) is 5.98. The Morgan fingerprint density at radius 3 is 2.40 bits per heavy atom. The zero-order valence-corrected chi connectivity index (χ0v) is 12.0. The van der Waals surface area contributed by atoms with Gasteiger partial charge in [-0.25, -0.2) is 9.97 Å². The van der Waals surface area contributed by atoms with Crippen LogP contribution in [0.15, 0.2) is 36.5 Å². The zero-order chi connectivity index (χ0) is 14.2. The summed E-state index contributed by atoms with van der Waals surface area (Å²) in [6.45, 7) is 4.52. The summed E-state index contributed by atoms with van der Waals surface area (Å²) >= 11 is 0. The number of aromatic nitrogens is 2. The van der Waals surface area contributed by atoms with E-state index >= 15 is 0 Å². The minimum absolute atomic E-state index is 0.142. The molecule has 0 spiro atoms. The number of aliphatic hydroxyl groups excluding tert-OH is 1. The predicted octanol–water partition coefficient (Wildman–Crippen LogP) is 3.29. The maximum absolute atomic E-state index is 9.49. The molecule has 3 nitrogen and oxygen atoms in total. The van der Waals surface area contributed by atoms with Crippen LogP contribution in [-0.2, 0) is 5.41 Å². The van der Waals surface area contributed by atoms with E-state index in [1.807, 2.05) is 6.07 Å². The Morgan fingerprint density at radius 1 is 1.15 bits per heavy atom. The van der Waals surface area contributed by atoms with Crippen LogP contribution in [0.2, 0.25) is 0 Å². The van der Waals surface area contributed by atoms with Gasteiger partial charge >= 0.3 is 0 Å². The average Bonchev–Trinajstić information content (AvgIpc) is 3.29. The lowest BCUT2D eigenvalue weighted by atomic mass is 10.0. The van der Waals surface area contributed by atoms with E-state index < -0.39 is 0 Å². The number of nitrogens with zero attached hydrogens (tertiary/aromatic N) is 2. The second-order valence-corrected chi connectivity index (χ2v) is 5.98.